The van der Waals surface area contributed by atoms with E-state index in [1.165, 1.54) is 22.8 Å². The lowest BCUT2D eigenvalue weighted by molar-refractivity contribution is -0.385. The molecule has 2 N–H and O–H groups in total. The maximum atomic E-state index is 11.7. The lowest BCUT2D eigenvalue weighted by Crippen LogP contribution is -2.31. The van der Waals surface area contributed by atoms with Crippen LogP contribution in [-0.2, 0) is 6.42 Å². The fourth-order valence-corrected chi connectivity index (χ4v) is 3.06. The summed E-state index contributed by atoms with van der Waals surface area (Å²) in [6, 6.07) is 9.70. The van der Waals surface area contributed by atoms with Crippen molar-refractivity contribution < 1.29 is 9.72 Å². The van der Waals surface area contributed by atoms with E-state index in [4.69, 9.17) is 5.73 Å². The number of aryl methyl sites for hydroxylation is 1. The molecule has 134 valence electrons. The van der Waals surface area contributed by atoms with Crippen molar-refractivity contribution in [1.82, 2.24) is 4.98 Å². The first-order valence-electron chi connectivity index (χ1n) is 8.47. The Labute approximate surface area is 151 Å². The highest BCUT2D eigenvalue weighted by atomic mass is 16.6. The Morgan fingerprint density at radius 2 is 2.08 bits per heavy atom. The van der Waals surface area contributed by atoms with Crippen LogP contribution in [0, 0.1) is 10.1 Å². The molecule has 2 aromatic rings. The Bertz CT molecular complexity index is 875. The predicted molar refractivity (Wildman–Crippen MR) is 100 cm³/mol. The van der Waals surface area contributed by atoms with Gasteiger partial charge >= 0.3 is 0 Å². The summed E-state index contributed by atoms with van der Waals surface area (Å²) >= 11 is 0. The third kappa shape index (κ3) is 3.56. The van der Waals surface area contributed by atoms with Crippen LogP contribution in [-0.4, -0.2) is 28.9 Å². The summed E-state index contributed by atoms with van der Waals surface area (Å²) < 4.78 is 0. The summed E-state index contributed by atoms with van der Waals surface area (Å²) in [5.74, 6) is -0.333. The molecule has 0 fully saturated rings. The molecule has 2 heterocycles. The molecule has 26 heavy (non-hydrogen) atoms. The summed E-state index contributed by atoms with van der Waals surface area (Å²) in [6.07, 6.45) is 5.06. The Morgan fingerprint density at radius 1 is 1.35 bits per heavy atom. The van der Waals surface area contributed by atoms with Gasteiger partial charge in [0.05, 0.1) is 10.5 Å². The highest BCUT2D eigenvalue weighted by molar-refractivity contribution is 5.98. The first-order valence-corrected chi connectivity index (χ1v) is 8.47. The Hall–Kier alpha value is -3.22. The zero-order valence-corrected chi connectivity index (χ0v) is 14.5. The van der Waals surface area contributed by atoms with Crippen LogP contribution in [0.5, 0.6) is 0 Å². The number of aromatic nitrogens is 1. The minimum absolute atomic E-state index is 0.0725. The Kier molecular flexibility index (Phi) is 4.97. The van der Waals surface area contributed by atoms with Crippen LogP contribution in [0.15, 0.2) is 42.6 Å². The van der Waals surface area contributed by atoms with Crippen LogP contribution in [0.25, 0.3) is 5.57 Å². The zero-order chi connectivity index (χ0) is 18.7. The van der Waals surface area contributed by atoms with Crippen LogP contribution in [0.2, 0.25) is 0 Å². The van der Waals surface area contributed by atoms with Gasteiger partial charge < -0.3 is 10.6 Å². The number of hydrogen-bond acceptors (Lipinski definition) is 5. The van der Waals surface area contributed by atoms with Crippen molar-refractivity contribution in [2.75, 3.05) is 18.0 Å². The standard InChI is InChI=1S/C19H20N4O3/c1-2-13-3-5-14(6-4-13)15-7-9-22(10-8-15)19-17(18(20)24)11-16(12-21-19)23(25)26/h3-7,11-12H,2,8-10H2,1H3,(H2,20,24). The molecule has 0 radical (unpaired) electrons. The number of pyridine rings is 1. The first-order chi connectivity index (χ1) is 12.5. The number of carbonyl (C=O) groups is 1. The van der Waals surface area contributed by atoms with Crippen LogP contribution >= 0.6 is 0 Å². The molecule has 0 saturated heterocycles. The zero-order valence-electron chi connectivity index (χ0n) is 14.5. The first kappa shape index (κ1) is 17.6. The van der Waals surface area contributed by atoms with Crippen molar-refractivity contribution >= 4 is 23.0 Å². The number of nitrogens with zero attached hydrogens (tertiary/aromatic N) is 3. The monoisotopic (exact) mass is 352 g/mol. The second-order valence-electron chi connectivity index (χ2n) is 6.16. The van der Waals surface area contributed by atoms with E-state index >= 15 is 0 Å². The minimum Gasteiger partial charge on any atom is -0.365 e. The van der Waals surface area contributed by atoms with Gasteiger partial charge in [-0.25, -0.2) is 4.98 Å². The number of carbonyl (C=O) groups excluding carboxylic acids is 1. The van der Waals surface area contributed by atoms with Gasteiger partial charge in [0.2, 0.25) is 0 Å². The van der Waals surface area contributed by atoms with Gasteiger partial charge in [-0.15, -0.1) is 0 Å². The van der Waals surface area contributed by atoms with Gasteiger partial charge in [0.15, 0.2) is 0 Å². The average molecular weight is 352 g/mol. The molecule has 1 aliphatic rings. The fraction of sp³-hybridized carbons (Fsp3) is 0.263. The normalized spacial score (nSPS) is 14.0. The summed E-state index contributed by atoms with van der Waals surface area (Å²) in [5.41, 5.74) is 8.95. The average Bonchev–Trinajstić information content (AvgIpc) is 2.67. The lowest BCUT2D eigenvalue weighted by Gasteiger charge is -2.28. The van der Waals surface area contributed by atoms with E-state index in [9.17, 15) is 14.9 Å². The van der Waals surface area contributed by atoms with E-state index in [0.29, 0.717) is 18.9 Å². The summed E-state index contributed by atoms with van der Waals surface area (Å²) in [5, 5.41) is 10.9. The maximum Gasteiger partial charge on any atom is 0.288 e. The van der Waals surface area contributed by atoms with Crippen LogP contribution in [0.3, 0.4) is 0 Å². The third-order valence-electron chi connectivity index (χ3n) is 4.57. The number of nitrogens with two attached hydrogens (primary N) is 1. The number of hydrogen-bond donors (Lipinski definition) is 1. The molecule has 1 aliphatic heterocycles. The van der Waals surface area contributed by atoms with Crippen molar-refractivity contribution in [3.05, 3.63) is 69.4 Å². The molecule has 1 aromatic carbocycles. The molecule has 1 aromatic heterocycles. The SMILES string of the molecule is CCc1ccc(C2=CCN(c3ncc([N+](=O)[O-])cc3C(N)=O)CC2)cc1. The molecule has 0 aliphatic carbocycles. The highest BCUT2D eigenvalue weighted by Crippen LogP contribution is 2.28. The molecule has 0 bridgehead atoms. The quantitative estimate of drug-likeness (QED) is 0.658. The van der Waals surface area contributed by atoms with Crippen molar-refractivity contribution in [3.63, 3.8) is 0 Å². The van der Waals surface area contributed by atoms with Crippen LogP contribution in [0.4, 0.5) is 11.5 Å². The number of nitro groups is 1. The van der Waals surface area contributed by atoms with Crippen molar-refractivity contribution in [3.8, 4) is 0 Å². The number of amides is 1. The van der Waals surface area contributed by atoms with Gasteiger partial charge in [-0.05, 0) is 29.5 Å². The molecule has 1 amide bonds. The number of primary amides is 1. The van der Waals surface area contributed by atoms with Crippen molar-refractivity contribution in [2.24, 2.45) is 5.73 Å². The summed E-state index contributed by atoms with van der Waals surface area (Å²) in [4.78, 5) is 28.0. The Balaban J connectivity index is 1.83. The largest absolute Gasteiger partial charge is 0.365 e. The smallest absolute Gasteiger partial charge is 0.288 e. The van der Waals surface area contributed by atoms with Crippen LogP contribution in [0.1, 0.15) is 34.8 Å². The topological polar surface area (TPSA) is 102 Å². The van der Waals surface area contributed by atoms with E-state index in [1.807, 2.05) is 4.90 Å². The van der Waals surface area contributed by atoms with E-state index in [0.717, 1.165) is 19.0 Å². The van der Waals surface area contributed by atoms with Crippen LogP contribution < -0.4 is 10.6 Å². The molecule has 0 saturated carbocycles. The van der Waals surface area contributed by atoms with Gasteiger partial charge in [-0.1, -0.05) is 37.3 Å². The van der Waals surface area contributed by atoms with E-state index < -0.39 is 10.8 Å². The number of rotatable bonds is 5. The van der Waals surface area contributed by atoms with Gasteiger partial charge in [-0.2, -0.15) is 0 Å². The van der Waals surface area contributed by atoms with E-state index in [-0.39, 0.29) is 11.3 Å². The molecule has 7 heteroatoms. The third-order valence-corrected chi connectivity index (χ3v) is 4.57. The van der Waals surface area contributed by atoms with Gasteiger partial charge in [0.1, 0.15) is 12.0 Å². The van der Waals surface area contributed by atoms with Gasteiger partial charge in [-0.3, -0.25) is 14.9 Å². The summed E-state index contributed by atoms with van der Waals surface area (Å²) in [7, 11) is 0. The second-order valence-corrected chi connectivity index (χ2v) is 6.16. The Morgan fingerprint density at radius 3 is 2.62 bits per heavy atom. The van der Waals surface area contributed by atoms with E-state index in [2.05, 4.69) is 42.2 Å². The molecular formula is C19H20N4O3. The van der Waals surface area contributed by atoms with Crippen molar-refractivity contribution in [1.29, 1.82) is 0 Å². The highest BCUT2D eigenvalue weighted by Gasteiger charge is 2.22. The second kappa shape index (κ2) is 7.35. The van der Waals surface area contributed by atoms with Crippen molar-refractivity contribution in [2.45, 2.75) is 19.8 Å². The predicted octanol–water partition coefficient (Wildman–Crippen LogP) is 2.94. The maximum absolute atomic E-state index is 11.7. The molecule has 3 rings (SSSR count). The fourth-order valence-electron chi connectivity index (χ4n) is 3.06. The molecule has 0 atom stereocenters. The van der Waals surface area contributed by atoms with E-state index in [1.54, 1.807) is 0 Å². The molecule has 0 spiro atoms. The minimum atomic E-state index is -0.721. The van der Waals surface area contributed by atoms with Gasteiger partial charge in [0, 0.05) is 19.2 Å². The lowest BCUT2D eigenvalue weighted by atomic mass is 9.98. The molecule has 7 nitrogen and oxygen atoms in total. The number of benzene rings is 1. The van der Waals surface area contributed by atoms with Gasteiger partial charge in [0.25, 0.3) is 11.6 Å². The molecule has 0 unspecified atom stereocenters. The molecular weight excluding hydrogens is 332 g/mol. The summed E-state index contributed by atoms with van der Waals surface area (Å²) in [6.45, 7) is 3.35. The number of anilines is 1.